The number of ketones is 3. The van der Waals surface area contributed by atoms with Crippen LogP contribution in [0.25, 0.3) is 0 Å². The minimum Gasteiger partial charge on any atom is -0.494 e. The molecule has 5 heteroatoms. The molecule has 0 aliphatic heterocycles. The van der Waals surface area contributed by atoms with Crippen molar-refractivity contribution in [2.75, 3.05) is 26.2 Å². The van der Waals surface area contributed by atoms with E-state index in [9.17, 15) is 14.4 Å². The number of Topliss-reactive ketones (excluding diaryl/α,β-unsaturated/α-hetero) is 3. The molecule has 0 bridgehead atoms. The summed E-state index contributed by atoms with van der Waals surface area (Å²) < 4.78 is 5.79. The Balaban J connectivity index is 2.41. The first-order valence-electron chi connectivity index (χ1n) is 11.6. The fourth-order valence-electron chi connectivity index (χ4n) is 3.16. The van der Waals surface area contributed by atoms with Gasteiger partial charge in [0.25, 0.3) is 0 Å². The lowest BCUT2D eigenvalue weighted by Gasteiger charge is -2.21. The maximum atomic E-state index is 12.2. The summed E-state index contributed by atoms with van der Waals surface area (Å²) in [6.07, 6.45) is 7.52. The number of unbranched alkanes of at least 4 members (excludes halogenated alkanes) is 3. The van der Waals surface area contributed by atoms with Crippen LogP contribution >= 0.6 is 0 Å². The highest BCUT2D eigenvalue weighted by molar-refractivity contribution is 6.46. The van der Waals surface area contributed by atoms with Crippen molar-refractivity contribution < 1.29 is 19.1 Å². The molecule has 0 saturated carbocycles. The minimum atomic E-state index is -0.635. The molecule has 0 heterocycles. The van der Waals surface area contributed by atoms with E-state index in [-0.39, 0.29) is 12.2 Å². The molecule has 0 radical (unpaired) electrons. The molecular formula is C25H39NO4. The predicted octanol–water partition coefficient (Wildman–Crippen LogP) is 5.26. The molecule has 0 unspecified atom stereocenters. The average Bonchev–Trinajstić information content (AvgIpc) is 2.76. The number of benzene rings is 1. The van der Waals surface area contributed by atoms with Gasteiger partial charge in [-0.3, -0.25) is 14.4 Å². The second-order valence-corrected chi connectivity index (χ2v) is 7.85. The number of rotatable bonds is 18. The third-order valence-electron chi connectivity index (χ3n) is 5.08. The first-order chi connectivity index (χ1) is 14.5. The third kappa shape index (κ3) is 10.7. The van der Waals surface area contributed by atoms with Crippen LogP contribution in [0, 0.1) is 0 Å². The van der Waals surface area contributed by atoms with Gasteiger partial charge in [0.15, 0.2) is 0 Å². The van der Waals surface area contributed by atoms with Gasteiger partial charge < -0.3 is 9.64 Å². The van der Waals surface area contributed by atoms with E-state index >= 15 is 0 Å². The van der Waals surface area contributed by atoms with Gasteiger partial charge in [-0.1, -0.05) is 40.0 Å². The van der Waals surface area contributed by atoms with Gasteiger partial charge in [-0.2, -0.15) is 0 Å². The van der Waals surface area contributed by atoms with E-state index in [1.54, 1.807) is 24.3 Å². The maximum Gasteiger partial charge on any atom is 0.229 e. The van der Waals surface area contributed by atoms with E-state index in [0.717, 1.165) is 38.9 Å². The largest absolute Gasteiger partial charge is 0.494 e. The Bertz CT molecular complexity index is 631. The molecule has 0 fully saturated rings. The molecule has 0 aromatic heterocycles. The summed E-state index contributed by atoms with van der Waals surface area (Å²) in [6, 6.07) is 6.62. The molecule has 0 saturated heterocycles. The van der Waals surface area contributed by atoms with Crippen LogP contribution in [0.3, 0.4) is 0 Å². The van der Waals surface area contributed by atoms with Gasteiger partial charge in [0.05, 0.1) is 13.0 Å². The zero-order valence-corrected chi connectivity index (χ0v) is 19.1. The highest BCUT2D eigenvalue weighted by Crippen LogP contribution is 2.14. The average molecular weight is 418 g/mol. The Morgan fingerprint density at radius 3 is 1.93 bits per heavy atom. The molecule has 30 heavy (non-hydrogen) atoms. The molecule has 5 nitrogen and oxygen atoms in total. The summed E-state index contributed by atoms with van der Waals surface area (Å²) in [5, 5.41) is 0. The lowest BCUT2D eigenvalue weighted by atomic mass is 10.0. The number of hydrogen-bond donors (Lipinski definition) is 0. The van der Waals surface area contributed by atoms with Crippen LogP contribution in [-0.4, -0.2) is 48.5 Å². The smallest absolute Gasteiger partial charge is 0.229 e. The fraction of sp³-hybridized carbons (Fsp3) is 0.640. The van der Waals surface area contributed by atoms with Crippen LogP contribution < -0.4 is 4.74 Å². The lowest BCUT2D eigenvalue weighted by molar-refractivity contribution is -0.125. The molecule has 1 aromatic carbocycles. The second-order valence-electron chi connectivity index (χ2n) is 7.85. The normalized spacial score (nSPS) is 10.9. The van der Waals surface area contributed by atoms with Crippen LogP contribution in [0.4, 0.5) is 0 Å². The highest BCUT2D eigenvalue weighted by atomic mass is 16.5. The van der Waals surface area contributed by atoms with Crippen molar-refractivity contribution in [3.8, 4) is 5.75 Å². The maximum absolute atomic E-state index is 12.2. The molecule has 0 aliphatic carbocycles. The van der Waals surface area contributed by atoms with Crippen molar-refractivity contribution in [3.63, 3.8) is 0 Å². The highest BCUT2D eigenvalue weighted by Gasteiger charge is 2.19. The first kappa shape index (κ1) is 26.0. The number of carbonyl (C=O) groups excluding carboxylic acids is 3. The van der Waals surface area contributed by atoms with Gasteiger partial charge in [-0.25, -0.2) is 0 Å². The quantitative estimate of drug-likeness (QED) is 0.141. The summed E-state index contributed by atoms with van der Waals surface area (Å²) in [7, 11) is 0. The van der Waals surface area contributed by atoms with Crippen LogP contribution in [0.1, 0.15) is 88.9 Å². The van der Waals surface area contributed by atoms with E-state index in [4.69, 9.17) is 4.74 Å². The van der Waals surface area contributed by atoms with E-state index in [1.165, 1.54) is 25.7 Å². The molecule has 0 N–H and O–H groups in total. The first-order valence-corrected chi connectivity index (χ1v) is 11.6. The van der Waals surface area contributed by atoms with E-state index < -0.39 is 11.6 Å². The number of ether oxygens (including phenoxy) is 1. The lowest BCUT2D eigenvalue weighted by Crippen LogP contribution is -2.28. The van der Waals surface area contributed by atoms with Gasteiger partial charge in [0.2, 0.25) is 11.6 Å². The Labute approximate surface area is 182 Å². The minimum absolute atomic E-state index is 0.165. The summed E-state index contributed by atoms with van der Waals surface area (Å²) in [6.45, 7) is 10.3. The topological polar surface area (TPSA) is 63.7 Å². The Morgan fingerprint density at radius 2 is 1.37 bits per heavy atom. The van der Waals surface area contributed by atoms with E-state index in [0.29, 0.717) is 24.3 Å². The summed E-state index contributed by atoms with van der Waals surface area (Å²) >= 11 is 0. The van der Waals surface area contributed by atoms with E-state index in [1.807, 2.05) is 6.92 Å². The van der Waals surface area contributed by atoms with Gasteiger partial charge in [-0.15, -0.1) is 0 Å². The van der Waals surface area contributed by atoms with Crippen LogP contribution in [-0.2, 0) is 9.59 Å². The van der Waals surface area contributed by atoms with Crippen LogP contribution in [0.15, 0.2) is 24.3 Å². The molecule has 0 aliphatic rings. The van der Waals surface area contributed by atoms with Crippen molar-refractivity contribution in [3.05, 3.63) is 29.8 Å². The van der Waals surface area contributed by atoms with Crippen molar-refractivity contribution in [2.24, 2.45) is 0 Å². The predicted molar refractivity (Wildman–Crippen MR) is 121 cm³/mol. The number of nitrogens with zero attached hydrogens (tertiary/aromatic N) is 1. The monoisotopic (exact) mass is 417 g/mol. The molecule has 0 amide bonds. The molecule has 1 rings (SSSR count). The van der Waals surface area contributed by atoms with Crippen molar-refractivity contribution in [1.82, 2.24) is 4.90 Å². The third-order valence-corrected chi connectivity index (χ3v) is 5.08. The Kier molecular flexibility index (Phi) is 13.7. The standard InChI is InChI=1S/C25H39NO4/c1-4-7-11-22(27)20-24(28)25(29)21-12-14-23(15-13-21)30-19-10-18-26(16-8-5-2)17-9-6-3/h12-15H,4-11,16-20H2,1-3H3. The van der Waals surface area contributed by atoms with Gasteiger partial charge in [0.1, 0.15) is 11.5 Å². The van der Waals surface area contributed by atoms with Crippen molar-refractivity contribution in [2.45, 2.75) is 78.6 Å². The van der Waals surface area contributed by atoms with Crippen molar-refractivity contribution >= 4 is 17.3 Å². The summed E-state index contributed by atoms with van der Waals surface area (Å²) in [4.78, 5) is 38.5. The van der Waals surface area contributed by atoms with Crippen LogP contribution in [0.5, 0.6) is 5.75 Å². The van der Waals surface area contributed by atoms with Crippen molar-refractivity contribution in [1.29, 1.82) is 0 Å². The zero-order valence-electron chi connectivity index (χ0n) is 19.1. The summed E-state index contributed by atoms with van der Waals surface area (Å²) in [5.74, 6) is -0.716. The molecule has 0 spiro atoms. The van der Waals surface area contributed by atoms with Gasteiger partial charge in [0, 0.05) is 18.5 Å². The summed E-state index contributed by atoms with van der Waals surface area (Å²) in [5.41, 5.74) is 0.306. The fourth-order valence-corrected chi connectivity index (χ4v) is 3.16. The SMILES string of the molecule is CCCCC(=O)CC(=O)C(=O)c1ccc(OCCCN(CCCC)CCCC)cc1. The molecule has 1 aromatic rings. The van der Waals surface area contributed by atoms with Gasteiger partial charge in [-0.05, 0) is 63.0 Å². The Hall–Kier alpha value is -2.01. The molecular weight excluding hydrogens is 378 g/mol. The zero-order chi connectivity index (χ0) is 22.2. The van der Waals surface area contributed by atoms with Crippen LogP contribution in [0.2, 0.25) is 0 Å². The molecule has 0 atom stereocenters. The van der Waals surface area contributed by atoms with Gasteiger partial charge >= 0.3 is 0 Å². The molecule has 168 valence electrons. The Morgan fingerprint density at radius 1 is 0.800 bits per heavy atom. The number of carbonyl (C=O) groups is 3. The second kappa shape index (κ2) is 15.8. The number of hydrogen-bond acceptors (Lipinski definition) is 5. The van der Waals surface area contributed by atoms with E-state index in [2.05, 4.69) is 18.7 Å².